The lowest BCUT2D eigenvalue weighted by Crippen LogP contribution is -2.22. The van der Waals surface area contributed by atoms with Crippen molar-refractivity contribution >= 4 is 10.2 Å². The Morgan fingerprint density at radius 3 is 1.08 bits per heavy atom. The van der Waals surface area contributed by atoms with Gasteiger partial charge >= 0.3 is 0 Å². The Labute approximate surface area is 157 Å². The van der Waals surface area contributed by atoms with Crippen LogP contribution in [0.5, 0.6) is 17.2 Å². The van der Waals surface area contributed by atoms with E-state index in [1.807, 2.05) is 36.4 Å². The van der Waals surface area contributed by atoms with E-state index in [1.165, 1.54) is 0 Å². The molecule has 3 N–H and O–H groups in total. The van der Waals surface area contributed by atoms with Gasteiger partial charge in [0.2, 0.25) is 0 Å². The molecule has 0 aliphatic carbocycles. The highest BCUT2D eigenvalue weighted by molar-refractivity contribution is 6.15. The number of hydrogen-bond donors (Lipinski definition) is 3. The largest absolute Gasteiger partial charge is 0.508 e. The van der Waals surface area contributed by atoms with Gasteiger partial charge in [0.25, 0.3) is 0 Å². The van der Waals surface area contributed by atoms with Gasteiger partial charge in [0.15, 0.2) is 0 Å². The average molecular weight is 361 g/mol. The van der Waals surface area contributed by atoms with Crippen LogP contribution in [0.15, 0.2) is 72.8 Å². The zero-order chi connectivity index (χ0) is 18.6. The van der Waals surface area contributed by atoms with Crippen molar-refractivity contribution in [3.05, 3.63) is 89.5 Å². The first kappa shape index (κ1) is 18.1. The van der Waals surface area contributed by atoms with Crippen LogP contribution in [-0.4, -0.2) is 25.6 Å². The molecule has 3 rings (SSSR count). The van der Waals surface area contributed by atoms with Crippen molar-refractivity contribution < 1.29 is 15.3 Å². The molecular formula is C22H21O3Si. The molecule has 0 saturated heterocycles. The monoisotopic (exact) mass is 361 g/mol. The first-order valence-corrected chi connectivity index (χ1v) is 9.02. The molecule has 0 aromatic heterocycles. The molecule has 0 heterocycles. The summed E-state index contributed by atoms with van der Waals surface area (Å²) in [6.07, 6.45) is 1.62. The lowest BCUT2D eigenvalue weighted by atomic mass is 9.85. The smallest absolute Gasteiger partial charge is 0.118 e. The van der Waals surface area contributed by atoms with Crippen molar-refractivity contribution in [2.45, 2.75) is 24.3 Å². The molecule has 3 aromatic rings. The Morgan fingerprint density at radius 1 is 0.538 bits per heavy atom. The number of phenols is 3. The summed E-state index contributed by atoms with van der Waals surface area (Å²) < 4.78 is 0. The van der Waals surface area contributed by atoms with Gasteiger partial charge in [-0.1, -0.05) is 54.6 Å². The van der Waals surface area contributed by atoms with Gasteiger partial charge < -0.3 is 15.3 Å². The first-order valence-electron chi connectivity index (χ1n) is 8.52. The van der Waals surface area contributed by atoms with Crippen LogP contribution in [0.1, 0.15) is 16.7 Å². The van der Waals surface area contributed by atoms with Crippen molar-refractivity contribution in [1.29, 1.82) is 0 Å². The van der Waals surface area contributed by atoms with Gasteiger partial charge in [-0.05, 0) is 59.2 Å². The molecule has 0 spiro atoms. The van der Waals surface area contributed by atoms with Crippen LogP contribution >= 0.6 is 0 Å². The van der Waals surface area contributed by atoms with E-state index in [0.29, 0.717) is 19.3 Å². The van der Waals surface area contributed by atoms with Gasteiger partial charge in [-0.2, -0.15) is 0 Å². The van der Waals surface area contributed by atoms with E-state index in [0.717, 1.165) is 16.7 Å². The number of phenolic OH excluding ortho intramolecular Hbond substituents is 3. The Balaban J connectivity index is 1.96. The second-order valence-corrected chi connectivity index (χ2v) is 7.76. The molecule has 0 fully saturated rings. The minimum atomic E-state index is -0.490. The van der Waals surface area contributed by atoms with Crippen LogP contribution in [0.4, 0.5) is 0 Å². The first-order chi connectivity index (χ1) is 12.5. The van der Waals surface area contributed by atoms with E-state index >= 15 is 0 Å². The van der Waals surface area contributed by atoms with Gasteiger partial charge in [0, 0.05) is 10.2 Å². The Morgan fingerprint density at radius 2 is 0.808 bits per heavy atom. The van der Waals surface area contributed by atoms with Crippen LogP contribution in [0.2, 0.25) is 5.04 Å². The summed E-state index contributed by atoms with van der Waals surface area (Å²) >= 11 is 0. The van der Waals surface area contributed by atoms with Crippen LogP contribution in [-0.2, 0) is 19.3 Å². The summed E-state index contributed by atoms with van der Waals surface area (Å²) in [7, 11) is 3.93. The van der Waals surface area contributed by atoms with Crippen molar-refractivity contribution in [2.24, 2.45) is 0 Å². The molecule has 0 aliphatic rings. The predicted octanol–water partition coefficient (Wildman–Crippen LogP) is 4.16. The fraction of sp³-hybridized carbons (Fsp3) is 0.182. The minimum Gasteiger partial charge on any atom is -0.508 e. The Bertz CT molecular complexity index is 776. The number of aromatic hydroxyl groups is 3. The van der Waals surface area contributed by atoms with Gasteiger partial charge in [-0.25, -0.2) is 0 Å². The fourth-order valence-corrected chi connectivity index (χ4v) is 3.83. The maximum Gasteiger partial charge on any atom is 0.118 e. The highest BCUT2D eigenvalue weighted by atomic mass is 28.1. The van der Waals surface area contributed by atoms with Gasteiger partial charge in [-0.3, -0.25) is 0 Å². The summed E-state index contributed by atoms with van der Waals surface area (Å²) in [5.41, 5.74) is 2.44. The maximum atomic E-state index is 10.2. The summed E-state index contributed by atoms with van der Waals surface area (Å²) in [6.45, 7) is 0. The van der Waals surface area contributed by atoms with Gasteiger partial charge in [-0.15, -0.1) is 0 Å². The van der Waals surface area contributed by atoms with E-state index in [9.17, 15) is 15.3 Å². The van der Waals surface area contributed by atoms with Crippen molar-refractivity contribution in [3.8, 4) is 17.2 Å². The second-order valence-electron chi connectivity index (χ2n) is 6.70. The number of para-hydroxylation sites is 3. The Kier molecular flexibility index (Phi) is 5.33. The molecule has 26 heavy (non-hydrogen) atoms. The SMILES string of the molecule is Oc1ccccc1CC([Si])(Cc1ccccc1O)Cc1ccccc1O. The zero-order valence-corrected chi connectivity index (χ0v) is 15.4. The maximum absolute atomic E-state index is 10.2. The normalized spacial score (nSPS) is 11.4. The van der Waals surface area contributed by atoms with E-state index in [2.05, 4.69) is 10.2 Å². The topological polar surface area (TPSA) is 60.7 Å². The molecule has 0 saturated carbocycles. The molecular weight excluding hydrogens is 340 g/mol. The molecule has 0 unspecified atom stereocenters. The molecule has 3 nitrogen and oxygen atoms in total. The summed E-state index contributed by atoms with van der Waals surface area (Å²) in [6, 6.07) is 21.7. The lowest BCUT2D eigenvalue weighted by molar-refractivity contribution is 0.437. The molecule has 4 heteroatoms. The van der Waals surface area contributed by atoms with Crippen molar-refractivity contribution in [1.82, 2.24) is 0 Å². The molecule has 3 aromatic carbocycles. The second kappa shape index (κ2) is 7.66. The van der Waals surface area contributed by atoms with Gasteiger partial charge in [0.1, 0.15) is 17.2 Å². The van der Waals surface area contributed by atoms with E-state index in [4.69, 9.17) is 0 Å². The van der Waals surface area contributed by atoms with E-state index < -0.39 is 5.04 Å². The zero-order valence-electron chi connectivity index (χ0n) is 14.4. The molecule has 0 amide bonds. The summed E-state index contributed by atoms with van der Waals surface area (Å²) in [5, 5.41) is 30.1. The van der Waals surface area contributed by atoms with Crippen molar-refractivity contribution in [2.75, 3.05) is 0 Å². The predicted molar refractivity (Wildman–Crippen MR) is 104 cm³/mol. The quantitative estimate of drug-likeness (QED) is 0.578. The van der Waals surface area contributed by atoms with Crippen LogP contribution in [0, 0.1) is 0 Å². The minimum absolute atomic E-state index is 0.240. The van der Waals surface area contributed by atoms with Gasteiger partial charge in [0.05, 0.1) is 0 Å². The van der Waals surface area contributed by atoms with Crippen molar-refractivity contribution in [3.63, 3.8) is 0 Å². The molecule has 131 valence electrons. The lowest BCUT2D eigenvalue weighted by Gasteiger charge is -2.31. The van der Waals surface area contributed by atoms with E-state index in [-0.39, 0.29) is 17.2 Å². The highest BCUT2D eigenvalue weighted by Crippen LogP contribution is 2.40. The standard InChI is InChI=1S/C22H21O3Si/c23-19-10-4-1-7-16(19)13-22(26,14-17-8-2-5-11-20(17)24)15-18-9-3-6-12-21(18)25/h1-12,23-25H,13-15H2. The molecule has 0 bridgehead atoms. The Hall–Kier alpha value is -2.72. The molecule has 0 atom stereocenters. The number of benzene rings is 3. The third-order valence-corrected chi connectivity index (χ3v) is 5.09. The third kappa shape index (κ3) is 4.27. The fourth-order valence-electron chi connectivity index (χ4n) is 3.26. The molecule has 0 aliphatic heterocycles. The highest BCUT2D eigenvalue weighted by Gasteiger charge is 2.29. The third-order valence-electron chi connectivity index (χ3n) is 4.56. The van der Waals surface area contributed by atoms with E-state index in [1.54, 1.807) is 36.4 Å². The van der Waals surface area contributed by atoms with Crippen LogP contribution in [0.25, 0.3) is 0 Å². The number of rotatable bonds is 6. The van der Waals surface area contributed by atoms with Crippen LogP contribution < -0.4 is 0 Å². The summed E-state index contributed by atoms with van der Waals surface area (Å²) in [4.78, 5) is 0. The number of hydrogen-bond acceptors (Lipinski definition) is 3. The van der Waals surface area contributed by atoms with Crippen LogP contribution in [0.3, 0.4) is 0 Å². The summed E-state index contributed by atoms with van der Waals surface area (Å²) in [5.74, 6) is 0.721. The average Bonchev–Trinajstić information content (AvgIpc) is 2.61. The molecule has 3 radical (unpaired) electrons.